The van der Waals surface area contributed by atoms with Gasteiger partial charge < -0.3 is 5.32 Å². The second-order valence-electron chi connectivity index (χ2n) is 8.94. The maximum Gasteiger partial charge on any atom is 0.239 e. The van der Waals surface area contributed by atoms with Crippen molar-refractivity contribution < 1.29 is 8.42 Å². The average Bonchev–Trinajstić information content (AvgIpc) is 3.27. The molecule has 2 aliphatic rings. The number of nitrogens with two attached hydrogens (primary N) is 1. The minimum absolute atomic E-state index is 0.120. The number of sulfonamides is 1. The van der Waals surface area contributed by atoms with Crippen LogP contribution in [0.2, 0.25) is 0 Å². The van der Waals surface area contributed by atoms with Crippen LogP contribution in [-0.4, -0.2) is 42.1 Å². The lowest BCUT2D eigenvalue weighted by Crippen LogP contribution is -2.39. The molecule has 1 aliphatic heterocycles. The quantitative estimate of drug-likeness (QED) is 0.528. The smallest absolute Gasteiger partial charge is 0.239 e. The maximum absolute atomic E-state index is 12.9. The molecule has 1 saturated carbocycles. The molecule has 0 unspecified atom stereocenters. The molecule has 168 valence electrons. The summed E-state index contributed by atoms with van der Waals surface area (Å²) in [6.45, 7) is 1.97. The van der Waals surface area contributed by atoms with Gasteiger partial charge in [0.1, 0.15) is 0 Å². The summed E-state index contributed by atoms with van der Waals surface area (Å²) in [5.41, 5.74) is 4.07. The van der Waals surface area contributed by atoms with E-state index in [1.165, 1.54) is 24.8 Å². The van der Waals surface area contributed by atoms with Gasteiger partial charge in [-0.1, -0.05) is 68.5 Å². The number of aromatic amines is 1. The number of aromatic nitrogens is 4. The standard InChI is InChI=1S/C23H28N6O2S/c24-32(30,31)22-18(12-15-4-2-1-3-5-15)10-11-20(21(22)23-26-28-29-27-23)17-8-6-16(7-9-17)19-13-25-14-19/h6-11,15,19,25H,1-5,12-14H2,(H2,24,30,31)(H,26,27,28,29). The highest BCUT2D eigenvalue weighted by Crippen LogP contribution is 2.39. The number of hydrogen-bond donors (Lipinski definition) is 3. The molecule has 9 heteroatoms. The van der Waals surface area contributed by atoms with Crippen molar-refractivity contribution in [1.82, 2.24) is 25.9 Å². The molecule has 2 fully saturated rings. The van der Waals surface area contributed by atoms with Gasteiger partial charge >= 0.3 is 0 Å². The Hall–Kier alpha value is -2.62. The topological polar surface area (TPSA) is 127 Å². The predicted octanol–water partition coefficient (Wildman–Crippen LogP) is 2.99. The molecule has 2 aromatic carbocycles. The average molecular weight is 453 g/mol. The van der Waals surface area contributed by atoms with Gasteiger partial charge in [-0.2, -0.15) is 5.21 Å². The molecule has 4 N–H and O–H groups in total. The normalized spacial score (nSPS) is 17.9. The van der Waals surface area contributed by atoms with Crippen LogP contribution in [0.25, 0.3) is 22.5 Å². The van der Waals surface area contributed by atoms with E-state index >= 15 is 0 Å². The first-order valence-corrected chi connectivity index (χ1v) is 12.8. The maximum atomic E-state index is 12.9. The van der Waals surface area contributed by atoms with Gasteiger partial charge in [-0.05, 0) is 39.8 Å². The van der Waals surface area contributed by atoms with Gasteiger partial charge in [0.05, 0.1) is 10.5 Å². The van der Waals surface area contributed by atoms with E-state index in [1.54, 1.807) is 0 Å². The highest BCUT2D eigenvalue weighted by molar-refractivity contribution is 7.89. The molecule has 2 heterocycles. The third kappa shape index (κ3) is 4.20. The fraction of sp³-hybridized carbons (Fsp3) is 0.435. The van der Waals surface area contributed by atoms with Gasteiger partial charge in [0.2, 0.25) is 15.8 Å². The Balaban J connectivity index is 1.63. The summed E-state index contributed by atoms with van der Waals surface area (Å²) in [6, 6.07) is 12.1. The summed E-state index contributed by atoms with van der Waals surface area (Å²) >= 11 is 0. The number of rotatable bonds is 6. The number of benzene rings is 2. The molecule has 8 nitrogen and oxygen atoms in total. The van der Waals surface area contributed by atoms with E-state index in [-0.39, 0.29) is 10.7 Å². The summed E-state index contributed by atoms with van der Waals surface area (Å²) < 4.78 is 25.7. The molecular formula is C23H28N6O2S. The molecule has 1 aliphatic carbocycles. The Bertz CT molecular complexity index is 1180. The van der Waals surface area contributed by atoms with E-state index < -0.39 is 10.0 Å². The van der Waals surface area contributed by atoms with E-state index in [9.17, 15) is 8.42 Å². The summed E-state index contributed by atoms with van der Waals surface area (Å²) in [4.78, 5) is 0.120. The molecule has 3 aromatic rings. The summed E-state index contributed by atoms with van der Waals surface area (Å²) in [5.74, 6) is 1.23. The Morgan fingerprint density at radius 2 is 1.75 bits per heavy atom. The van der Waals surface area contributed by atoms with Crippen molar-refractivity contribution in [2.75, 3.05) is 13.1 Å². The first-order chi connectivity index (χ1) is 15.5. The fourth-order valence-electron chi connectivity index (χ4n) is 5.00. The van der Waals surface area contributed by atoms with Gasteiger partial charge in [0, 0.05) is 19.0 Å². The van der Waals surface area contributed by atoms with Gasteiger partial charge in [0.25, 0.3) is 0 Å². The summed E-state index contributed by atoms with van der Waals surface area (Å²) in [5, 5.41) is 23.5. The van der Waals surface area contributed by atoms with Crippen molar-refractivity contribution in [3.05, 3.63) is 47.5 Å². The van der Waals surface area contributed by atoms with Gasteiger partial charge in [0.15, 0.2) is 0 Å². The number of primary sulfonamides is 1. The Labute approximate surface area is 188 Å². The van der Waals surface area contributed by atoms with Crippen molar-refractivity contribution >= 4 is 10.0 Å². The van der Waals surface area contributed by atoms with Crippen molar-refractivity contribution in [1.29, 1.82) is 0 Å². The fourth-order valence-corrected chi connectivity index (χ4v) is 6.01. The lowest BCUT2D eigenvalue weighted by atomic mass is 9.84. The van der Waals surface area contributed by atoms with E-state index in [1.807, 2.05) is 24.3 Å². The Kier molecular flexibility index (Phi) is 5.79. The highest BCUT2D eigenvalue weighted by Gasteiger charge is 2.28. The monoisotopic (exact) mass is 452 g/mol. The van der Waals surface area contributed by atoms with Crippen LogP contribution in [0.3, 0.4) is 0 Å². The molecule has 0 spiro atoms. The number of nitrogens with one attached hydrogen (secondary N) is 2. The molecule has 0 amide bonds. The molecule has 32 heavy (non-hydrogen) atoms. The molecule has 0 bridgehead atoms. The first-order valence-electron chi connectivity index (χ1n) is 11.2. The molecule has 5 rings (SSSR count). The van der Waals surface area contributed by atoms with E-state index in [4.69, 9.17) is 5.14 Å². The summed E-state index contributed by atoms with van der Waals surface area (Å²) in [7, 11) is -4.02. The van der Waals surface area contributed by atoms with Gasteiger partial charge in [-0.3, -0.25) is 0 Å². The molecular weight excluding hydrogens is 424 g/mol. The second-order valence-corrected chi connectivity index (χ2v) is 10.4. The largest absolute Gasteiger partial charge is 0.315 e. The number of nitrogens with zero attached hydrogens (tertiary/aromatic N) is 3. The summed E-state index contributed by atoms with van der Waals surface area (Å²) in [6.07, 6.45) is 6.53. The van der Waals surface area contributed by atoms with Crippen LogP contribution < -0.4 is 10.5 Å². The third-order valence-electron chi connectivity index (χ3n) is 6.80. The number of hydrogen-bond acceptors (Lipinski definition) is 6. The van der Waals surface area contributed by atoms with Crippen LogP contribution in [-0.2, 0) is 16.4 Å². The van der Waals surface area contributed by atoms with Crippen LogP contribution in [0.5, 0.6) is 0 Å². The minimum atomic E-state index is -4.02. The van der Waals surface area contributed by atoms with Crippen molar-refractivity contribution in [2.24, 2.45) is 11.1 Å². The van der Waals surface area contributed by atoms with Crippen LogP contribution in [0.1, 0.15) is 49.1 Å². The van der Waals surface area contributed by atoms with Crippen molar-refractivity contribution in [3.63, 3.8) is 0 Å². The van der Waals surface area contributed by atoms with E-state index in [2.05, 4.69) is 38.1 Å². The third-order valence-corrected chi connectivity index (χ3v) is 7.84. The van der Waals surface area contributed by atoms with E-state index in [0.29, 0.717) is 23.8 Å². The first kappa shape index (κ1) is 21.2. The number of tetrazole rings is 1. The second kappa shape index (κ2) is 8.73. The highest BCUT2D eigenvalue weighted by atomic mass is 32.2. The van der Waals surface area contributed by atoms with Crippen molar-refractivity contribution in [3.8, 4) is 22.5 Å². The molecule has 1 saturated heterocycles. The Morgan fingerprint density at radius 1 is 1.00 bits per heavy atom. The van der Waals surface area contributed by atoms with E-state index in [0.717, 1.165) is 42.6 Å². The van der Waals surface area contributed by atoms with Gasteiger partial charge in [-0.25, -0.2) is 13.6 Å². The zero-order valence-corrected chi connectivity index (χ0v) is 18.7. The zero-order chi connectivity index (χ0) is 22.1. The van der Waals surface area contributed by atoms with Crippen LogP contribution in [0.4, 0.5) is 0 Å². The minimum Gasteiger partial charge on any atom is -0.315 e. The number of H-pyrrole nitrogens is 1. The lowest BCUT2D eigenvalue weighted by molar-refractivity contribution is 0.355. The molecule has 0 atom stereocenters. The van der Waals surface area contributed by atoms with Gasteiger partial charge in [-0.15, -0.1) is 10.2 Å². The van der Waals surface area contributed by atoms with Crippen LogP contribution in [0, 0.1) is 5.92 Å². The van der Waals surface area contributed by atoms with Crippen LogP contribution >= 0.6 is 0 Å². The lowest BCUT2D eigenvalue weighted by Gasteiger charge is -2.27. The molecule has 0 radical (unpaired) electrons. The zero-order valence-electron chi connectivity index (χ0n) is 17.9. The molecule has 1 aromatic heterocycles. The Morgan fingerprint density at radius 3 is 2.34 bits per heavy atom. The SMILES string of the molecule is NS(=O)(=O)c1c(CC2CCCCC2)ccc(-c2ccc(C3CNC3)cc2)c1-c1nn[nH]n1. The van der Waals surface area contributed by atoms with Crippen molar-refractivity contribution in [2.45, 2.75) is 49.3 Å². The van der Waals surface area contributed by atoms with Crippen LogP contribution in [0.15, 0.2) is 41.3 Å². The predicted molar refractivity (Wildman–Crippen MR) is 122 cm³/mol.